The molecule has 2 heterocycles. The van der Waals surface area contributed by atoms with Gasteiger partial charge in [-0.25, -0.2) is 4.98 Å². The molecule has 1 saturated carbocycles. The minimum Gasteiger partial charge on any atom is -0.481 e. The van der Waals surface area contributed by atoms with Gasteiger partial charge in [-0.1, -0.05) is 6.07 Å². The van der Waals surface area contributed by atoms with Crippen molar-refractivity contribution in [3.8, 4) is 5.88 Å². The number of rotatable bonds is 5. The monoisotopic (exact) mass is 372 g/mol. The molecule has 1 unspecified atom stereocenters. The van der Waals surface area contributed by atoms with Gasteiger partial charge in [0.1, 0.15) is 0 Å². The lowest BCUT2D eigenvalue weighted by Gasteiger charge is -2.38. The minimum atomic E-state index is -0.264. The zero-order valence-corrected chi connectivity index (χ0v) is 15.7. The number of nitrogens with zero attached hydrogens (tertiary/aromatic N) is 1. The normalized spacial score (nSPS) is 22.8. The summed E-state index contributed by atoms with van der Waals surface area (Å²) in [6, 6.07) is 3.63. The summed E-state index contributed by atoms with van der Waals surface area (Å²) in [4.78, 5) is 18.1. The number of hydrogen-bond donors (Lipinski definition) is 2. The van der Waals surface area contributed by atoms with Crippen LogP contribution >= 0.6 is 11.3 Å². The molecular formula is C20H24N2O3S. The molecule has 138 valence electrons. The molecule has 4 rings (SSSR count). The molecule has 0 aliphatic heterocycles. The molecule has 0 bridgehead atoms. The zero-order chi connectivity index (χ0) is 18.1. The van der Waals surface area contributed by atoms with Crippen molar-refractivity contribution in [1.29, 1.82) is 0 Å². The van der Waals surface area contributed by atoms with Gasteiger partial charge in [0.15, 0.2) is 0 Å². The van der Waals surface area contributed by atoms with E-state index >= 15 is 0 Å². The lowest BCUT2D eigenvalue weighted by Crippen LogP contribution is -2.41. The Labute approximate surface area is 157 Å². The molecule has 0 spiro atoms. The highest BCUT2D eigenvalue weighted by Crippen LogP contribution is 2.39. The quantitative estimate of drug-likeness (QED) is 0.845. The van der Waals surface area contributed by atoms with Gasteiger partial charge in [-0.05, 0) is 66.5 Å². The number of hydrogen-bond acceptors (Lipinski definition) is 5. The molecule has 0 aromatic carbocycles. The molecule has 1 fully saturated rings. The number of thiophene rings is 1. The lowest BCUT2D eigenvalue weighted by atomic mass is 9.75. The number of ether oxygens (including phenoxy) is 1. The summed E-state index contributed by atoms with van der Waals surface area (Å²) in [5, 5.41) is 15.1. The van der Waals surface area contributed by atoms with E-state index in [1.54, 1.807) is 24.6 Å². The summed E-state index contributed by atoms with van der Waals surface area (Å²) in [7, 11) is 1.59. The maximum atomic E-state index is 13.0. The molecule has 2 aromatic rings. The van der Waals surface area contributed by atoms with E-state index in [9.17, 15) is 9.90 Å². The van der Waals surface area contributed by atoms with Crippen LogP contribution in [0.1, 0.15) is 58.1 Å². The Hall–Kier alpha value is -1.92. The van der Waals surface area contributed by atoms with Gasteiger partial charge in [0.05, 0.1) is 24.1 Å². The first-order valence-corrected chi connectivity index (χ1v) is 10.1. The molecular weight excluding hydrogens is 348 g/mol. The van der Waals surface area contributed by atoms with Crippen molar-refractivity contribution in [1.82, 2.24) is 10.3 Å². The summed E-state index contributed by atoms with van der Waals surface area (Å²) in [6.07, 6.45) is 7.37. The van der Waals surface area contributed by atoms with E-state index in [4.69, 9.17) is 4.74 Å². The highest BCUT2D eigenvalue weighted by molar-refractivity contribution is 7.12. The number of aryl methyl sites for hydroxylation is 1. The van der Waals surface area contributed by atoms with E-state index in [1.807, 2.05) is 12.1 Å². The summed E-state index contributed by atoms with van der Waals surface area (Å²) in [5.74, 6) is 0.792. The molecule has 0 saturated heterocycles. The summed E-state index contributed by atoms with van der Waals surface area (Å²) in [5.41, 5.74) is 3.54. The molecule has 2 aliphatic carbocycles. The van der Waals surface area contributed by atoms with Gasteiger partial charge < -0.3 is 15.2 Å². The van der Waals surface area contributed by atoms with E-state index in [2.05, 4.69) is 15.7 Å². The topological polar surface area (TPSA) is 71.5 Å². The average Bonchev–Trinajstić information content (AvgIpc) is 3.08. The van der Waals surface area contributed by atoms with Crippen LogP contribution in [-0.4, -0.2) is 29.2 Å². The predicted octanol–water partition coefficient (Wildman–Crippen LogP) is 3.27. The van der Waals surface area contributed by atoms with Gasteiger partial charge in [-0.2, -0.15) is 0 Å². The van der Waals surface area contributed by atoms with Crippen LogP contribution in [0.4, 0.5) is 0 Å². The molecule has 2 N–H and O–H groups in total. The van der Waals surface area contributed by atoms with Crippen molar-refractivity contribution in [2.45, 2.75) is 50.7 Å². The number of methoxy groups -OCH3 is 1. The maximum Gasteiger partial charge on any atom is 0.262 e. The fourth-order valence-corrected chi connectivity index (χ4v) is 5.05. The van der Waals surface area contributed by atoms with E-state index in [0.29, 0.717) is 18.7 Å². The van der Waals surface area contributed by atoms with Crippen LogP contribution in [-0.2, 0) is 12.8 Å². The standard InChI is InChI=1S/C20H24N2O3S/c1-25-17-7-6-12(10-21-17)18(14-8-15(23)9-14)22-20(24)19-16-5-3-2-4-13(16)11-26-19/h6-7,10-11,14-15,18,23H,2-5,8-9H2,1H3,(H,22,24). The Morgan fingerprint density at radius 2 is 2.15 bits per heavy atom. The number of carbonyl (C=O) groups excluding carboxylic acids is 1. The number of amides is 1. The number of aromatic nitrogens is 1. The van der Waals surface area contributed by atoms with E-state index < -0.39 is 0 Å². The zero-order valence-electron chi connectivity index (χ0n) is 14.9. The van der Waals surface area contributed by atoms with Crippen LogP contribution in [0.3, 0.4) is 0 Å². The lowest BCUT2D eigenvalue weighted by molar-refractivity contribution is 0.0235. The summed E-state index contributed by atoms with van der Waals surface area (Å²) >= 11 is 1.56. The van der Waals surface area contributed by atoms with Crippen LogP contribution in [0.5, 0.6) is 5.88 Å². The van der Waals surface area contributed by atoms with Crippen molar-refractivity contribution >= 4 is 17.2 Å². The van der Waals surface area contributed by atoms with Crippen molar-refractivity contribution < 1.29 is 14.6 Å². The van der Waals surface area contributed by atoms with Gasteiger partial charge in [0.2, 0.25) is 5.88 Å². The summed E-state index contributed by atoms with van der Waals surface area (Å²) < 4.78 is 5.13. The van der Waals surface area contributed by atoms with Gasteiger partial charge in [0.25, 0.3) is 5.91 Å². The van der Waals surface area contributed by atoms with Crippen molar-refractivity contribution in [2.75, 3.05) is 7.11 Å². The Balaban J connectivity index is 1.56. The maximum absolute atomic E-state index is 13.0. The number of aliphatic hydroxyl groups is 1. The number of pyridine rings is 1. The highest BCUT2D eigenvalue weighted by Gasteiger charge is 2.36. The highest BCUT2D eigenvalue weighted by atomic mass is 32.1. The fourth-order valence-electron chi connectivity index (χ4n) is 3.99. The van der Waals surface area contributed by atoms with Gasteiger partial charge in [-0.3, -0.25) is 4.79 Å². The van der Waals surface area contributed by atoms with Crippen molar-refractivity contribution in [3.63, 3.8) is 0 Å². The molecule has 26 heavy (non-hydrogen) atoms. The van der Waals surface area contributed by atoms with Gasteiger partial charge in [-0.15, -0.1) is 11.3 Å². The second-order valence-electron chi connectivity index (χ2n) is 7.25. The Morgan fingerprint density at radius 1 is 1.35 bits per heavy atom. The Bertz CT molecular complexity index is 781. The SMILES string of the molecule is COc1ccc(C(NC(=O)c2scc3c2CCCC3)C2CC(O)C2)cn1. The molecule has 5 nitrogen and oxygen atoms in total. The molecule has 6 heteroatoms. The van der Waals surface area contributed by atoms with Crippen LogP contribution in [0, 0.1) is 5.92 Å². The third-order valence-corrected chi connectivity index (χ3v) is 6.61. The van der Waals surface area contributed by atoms with Crippen molar-refractivity contribution in [3.05, 3.63) is 45.3 Å². The third-order valence-electron chi connectivity index (χ3n) is 5.54. The molecule has 2 aromatic heterocycles. The number of aliphatic hydroxyl groups excluding tert-OH is 1. The van der Waals surface area contributed by atoms with E-state index in [0.717, 1.165) is 29.7 Å². The van der Waals surface area contributed by atoms with Crippen molar-refractivity contribution in [2.24, 2.45) is 5.92 Å². The smallest absolute Gasteiger partial charge is 0.262 e. The number of fused-ring (bicyclic) bond motifs is 1. The molecule has 2 aliphatic rings. The second kappa shape index (κ2) is 7.37. The minimum absolute atomic E-state index is 0.000331. The fraction of sp³-hybridized carbons (Fsp3) is 0.500. The Kier molecular flexibility index (Phi) is 4.96. The van der Waals surface area contributed by atoms with E-state index in [-0.39, 0.29) is 24.0 Å². The summed E-state index contributed by atoms with van der Waals surface area (Å²) in [6.45, 7) is 0. The second-order valence-corrected chi connectivity index (χ2v) is 8.13. The van der Waals surface area contributed by atoms with Crippen LogP contribution in [0.2, 0.25) is 0 Å². The third kappa shape index (κ3) is 3.35. The first kappa shape index (κ1) is 17.5. The molecule has 0 radical (unpaired) electrons. The number of nitrogens with one attached hydrogen (secondary N) is 1. The van der Waals surface area contributed by atoms with Crippen LogP contribution in [0.25, 0.3) is 0 Å². The molecule has 1 amide bonds. The van der Waals surface area contributed by atoms with Crippen LogP contribution < -0.4 is 10.1 Å². The van der Waals surface area contributed by atoms with Crippen LogP contribution in [0.15, 0.2) is 23.7 Å². The molecule has 1 atom stereocenters. The largest absolute Gasteiger partial charge is 0.481 e. The predicted molar refractivity (Wildman–Crippen MR) is 101 cm³/mol. The first-order chi connectivity index (χ1) is 12.7. The van der Waals surface area contributed by atoms with Gasteiger partial charge in [0, 0.05) is 12.3 Å². The number of carbonyl (C=O) groups is 1. The van der Waals surface area contributed by atoms with E-state index in [1.165, 1.54) is 17.5 Å². The van der Waals surface area contributed by atoms with Gasteiger partial charge >= 0.3 is 0 Å². The average molecular weight is 372 g/mol. The Morgan fingerprint density at radius 3 is 2.85 bits per heavy atom. The first-order valence-electron chi connectivity index (χ1n) is 9.24.